The van der Waals surface area contributed by atoms with E-state index in [-0.39, 0.29) is 35.6 Å². The zero-order valence-electron chi connectivity index (χ0n) is 15.2. The van der Waals surface area contributed by atoms with Crippen molar-refractivity contribution >= 4 is 22.7 Å². The zero-order valence-corrected chi connectivity index (χ0v) is 16.0. The van der Waals surface area contributed by atoms with E-state index >= 15 is 0 Å². The molecule has 30 heavy (non-hydrogen) atoms. The van der Waals surface area contributed by atoms with Gasteiger partial charge in [0.2, 0.25) is 0 Å². The van der Waals surface area contributed by atoms with Crippen molar-refractivity contribution in [1.82, 2.24) is 9.55 Å². The summed E-state index contributed by atoms with van der Waals surface area (Å²) >= 11 is 1.04. The molecule has 0 N–H and O–H groups in total. The first kappa shape index (κ1) is 19.5. The van der Waals surface area contributed by atoms with Crippen molar-refractivity contribution in [1.29, 1.82) is 0 Å². The van der Waals surface area contributed by atoms with Gasteiger partial charge in [0, 0.05) is 39.9 Å². The number of halogens is 5. The van der Waals surface area contributed by atoms with Gasteiger partial charge in [0.15, 0.2) is 0 Å². The normalized spacial score (nSPS) is 20.2. The minimum atomic E-state index is -4.60. The summed E-state index contributed by atoms with van der Waals surface area (Å²) in [5.41, 5.74) is -1.76. The van der Waals surface area contributed by atoms with Crippen LogP contribution >= 0.6 is 11.8 Å². The molecule has 2 aliphatic rings. The number of alkyl halides is 3. The second-order valence-corrected chi connectivity index (χ2v) is 8.70. The average Bonchev–Trinajstić information content (AvgIpc) is 2.79. The Hall–Kier alpha value is -2.46. The minimum Gasteiger partial charge on any atom is -0.380 e. The van der Waals surface area contributed by atoms with Gasteiger partial charge in [-0.3, -0.25) is 4.57 Å². The predicted molar refractivity (Wildman–Crippen MR) is 99.2 cm³/mol. The van der Waals surface area contributed by atoms with Crippen LogP contribution in [0.3, 0.4) is 0 Å². The summed E-state index contributed by atoms with van der Waals surface area (Å²) in [5.74, 6) is -1.54. The van der Waals surface area contributed by atoms with Crippen molar-refractivity contribution in [2.24, 2.45) is 5.41 Å². The van der Waals surface area contributed by atoms with Gasteiger partial charge in [-0.15, -0.1) is 11.8 Å². The van der Waals surface area contributed by atoms with Crippen LogP contribution in [0.25, 0.3) is 10.9 Å². The largest absolute Gasteiger partial charge is 0.416 e. The van der Waals surface area contributed by atoms with Crippen LogP contribution in [0.1, 0.15) is 16.4 Å². The van der Waals surface area contributed by atoms with Gasteiger partial charge >= 0.3 is 11.9 Å². The van der Waals surface area contributed by atoms with Crippen LogP contribution < -0.4 is 5.69 Å². The maximum Gasteiger partial charge on any atom is 0.416 e. The molecule has 3 aromatic rings. The fourth-order valence-corrected chi connectivity index (χ4v) is 5.64. The van der Waals surface area contributed by atoms with E-state index in [0.717, 1.165) is 42.2 Å². The third kappa shape index (κ3) is 2.92. The summed E-state index contributed by atoms with van der Waals surface area (Å²) in [7, 11) is 0. The van der Waals surface area contributed by atoms with E-state index in [4.69, 9.17) is 4.74 Å². The Labute approximate surface area is 170 Å². The molecule has 2 aromatic carbocycles. The second kappa shape index (κ2) is 6.52. The fraction of sp³-hybridized carbons (Fsp3) is 0.300. The van der Waals surface area contributed by atoms with E-state index in [1.54, 1.807) is 0 Å². The smallest absolute Gasteiger partial charge is 0.380 e. The van der Waals surface area contributed by atoms with Crippen LogP contribution in [0.5, 0.6) is 0 Å². The average molecular weight is 440 g/mol. The topological polar surface area (TPSA) is 44.1 Å². The number of thioether (sulfide) groups is 1. The highest BCUT2D eigenvalue weighted by Gasteiger charge is 2.50. The van der Waals surface area contributed by atoms with Crippen molar-refractivity contribution in [3.8, 4) is 0 Å². The SMILES string of the molecule is O=c1ncc2cc(C(F)(F)F)cc3c2n1CC1(COC1)C(c1ccc(F)cc1F)S3. The summed E-state index contributed by atoms with van der Waals surface area (Å²) in [6.07, 6.45) is -3.48. The van der Waals surface area contributed by atoms with E-state index in [1.807, 2.05) is 0 Å². The van der Waals surface area contributed by atoms with Gasteiger partial charge in [-0.05, 0) is 18.2 Å². The van der Waals surface area contributed by atoms with Gasteiger partial charge in [0.25, 0.3) is 0 Å². The summed E-state index contributed by atoms with van der Waals surface area (Å²) in [6, 6.07) is 5.07. The first-order chi connectivity index (χ1) is 14.2. The molecular weight excluding hydrogens is 427 g/mol. The third-order valence-corrected chi connectivity index (χ3v) is 7.10. The molecule has 0 aliphatic carbocycles. The van der Waals surface area contributed by atoms with Gasteiger partial charge in [0.05, 0.1) is 29.7 Å². The van der Waals surface area contributed by atoms with Crippen molar-refractivity contribution in [2.75, 3.05) is 13.2 Å². The zero-order chi connectivity index (χ0) is 21.3. The molecule has 10 heteroatoms. The van der Waals surface area contributed by atoms with Gasteiger partial charge < -0.3 is 4.74 Å². The van der Waals surface area contributed by atoms with Gasteiger partial charge in [-0.1, -0.05) is 6.07 Å². The first-order valence-electron chi connectivity index (χ1n) is 8.98. The number of ether oxygens (including phenoxy) is 1. The minimum absolute atomic E-state index is 0.100. The lowest BCUT2D eigenvalue weighted by Gasteiger charge is -2.46. The maximum atomic E-state index is 14.7. The third-order valence-electron chi connectivity index (χ3n) is 5.54. The molecule has 2 aliphatic heterocycles. The van der Waals surface area contributed by atoms with Gasteiger partial charge in [0.1, 0.15) is 11.6 Å². The second-order valence-electron chi connectivity index (χ2n) is 7.56. The molecule has 1 aromatic heterocycles. The molecule has 1 unspecified atom stereocenters. The highest BCUT2D eigenvalue weighted by atomic mass is 32.2. The van der Waals surface area contributed by atoms with E-state index in [0.29, 0.717) is 5.52 Å². The number of hydrogen-bond acceptors (Lipinski definition) is 4. The summed E-state index contributed by atoms with van der Waals surface area (Å²) in [5, 5.41) is -0.514. The fourth-order valence-electron chi connectivity index (χ4n) is 4.07. The Bertz CT molecular complexity index is 1240. The highest BCUT2D eigenvalue weighted by molar-refractivity contribution is 7.99. The van der Waals surface area contributed by atoms with Crippen LogP contribution in [0.4, 0.5) is 22.0 Å². The molecule has 1 atom stereocenters. The van der Waals surface area contributed by atoms with Gasteiger partial charge in [-0.25, -0.2) is 18.6 Å². The lowest BCUT2D eigenvalue weighted by Crippen LogP contribution is -2.50. The molecule has 4 nitrogen and oxygen atoms in total. The monoisotopic (exact) mass is 440 g/mol. The molecule has 5 rings (SSSR count). The molecule has 0 saturated carbocycles. The van der Waals surface area contributed by atoms with E-state index < -0.39 is 39.7 Å². The predicted octanol–water partition coefficient (Wildman–Crippen LogP) is 4.56. The van der Waals surface area contributed by atoms with E-state index in [1.165, 1.54) is 10.6 Å². The van der Waals surface area contributed by atoms with Gasteiger partial charge in [-0.2, -0.15) is 13.2 Å². The van der Waals surface area contributed by atoms with E-state index in [2.05, 4.69) is 4.98 Å². The van der Waals surface area contributed by atoms with E-state index in [9.17, 15) is 26.7 Å². The molecule has 0 amide bonds. The Morgan fingerprint density at radius 3 is 2.57 bits per heavy atom. The van der Waals surface area contributed by atoms with Crippen LogP contribution in [0.15, 0.2) is 46.2 Å². The van der Waals surface area contributed by atoms with Crippen LogP contribution in [-0.4, -0.2) is 22.8 Å². The number of aromatic nitrogens is 2. The number of rotatable bonds is 1. The summed E-state index contributed by atoms with van der Waals surface area (Å²) in [4.78, 5) is 16.5. The van der Waals surface area contributed by atoms with Crippen LogP contribution in [0, 0.1) is 17.0 Å². The Kier molecular flexibility index (Phi) is 4.24. The number of benzene rings is 2. The quantitative estimate of drug-likeness (QED) is 0.521. The van der Waals surface area contributed by atoms with Crippen LogP contribution in [0.2, 0.25) is 0 Å². The summed E-state index contributed by atoms with van der Waals surface area (Å²) < 4.78 is 75.3. The molecule has 0 bridgehead atoms. The Morgan fingerprint density at radius 2 is 1.93 bits per heavy atom. The molecule has 0 radical (unpaired) electrons. The highest BCUT2D eigenvalue weighted by Crippen LogP contribution is 2.56. The van der Waals surface area contributed by atoms with Crippen molar-refractivity contribution in [3.05, 3.63) is 69.8 Å². The van der Waals surface area contributed by atoms with Crippen LogP contribution in [-0.2, 0) is 17.5 Å². The lowest BCUT2D eigenvalue weighted by molar-refractivity contribution is -0.137. The van der Waals surface area contributed by atoms with Crippen molar-refractivity contribution in [2.45, 2.75) is 22.9 Å². The molecule has 3 heterocycles. The summed E-state index contributed by atoms with van der Waals surface area (Å²) in [6.45, 7) is 0.470. The molecule has 1 fully saturated rings. The van der Waals surface area contributed by atoms with Crippen molar-refractivity contribution < 1.29 is 26.7 Å². The first-order valence-corrected chi connectivity index (χ1v) is 9.86. The number of nitrogens with zero attached hydrogens (tertiary/aromatic N) is 2. The molecule has 1 spiro atoms. The van der Waals surface area contributed by atoms with Crippen molar-refractivity contribution in [3.63, 3.8) is 0 Å². The Morgan fingerprint density at radius 1 is 1.17 bits per heavy atom. The lowest BCUT2D eigenvalue weighted by atomic mass is 9.78. The molecular formula is C20H13F5N2O2S. The Balaban J connectivity index is 1.77. The molecule has 156 valence electrons. The number of hydrogen-bond donors (Lipinski definition) is 0. The molecule has 1 saturated heterocycles. The standard InChI is InChI=1S/C20H13F5N2O2S/c21-12-1-2-13(14(22)5-12)17-19(8-29-9-19)7-27-16-10(6-26-18(27)28)3-11(20(23,24)25)4-15(16)30-17/h1-6,17H,7-9H2. The maximum absolute atomic E-state index is 14.7.